The van der Waals surface area contributed by atoms with Crippen molar-refractivity contribution in [3.05, 3.63) is 89.1 Å². The average molecular weight is 739 g/mol. The molecule has 13 heteroatoms. The first kappa shape index (κ1) is 40.1. The van der Waals surface area contributed by atoms with E-state index in [1.165, 1.54) is 0 Å². The van der Waals surface area contributed by atoms with Gasteiger partial charge in [0, 0.05) is 76.6 Å². The number of nitrogens with zero attached hydrogens (tertiary/aromatic N) is 5. The summed E-state index contributed by atoms with van der Waals surface area (Å²) in [6.07, 6.45) is 3.41. The van der Waals surface area contributed by atoms with Crippen molar-refractivity contribution < 1.29 is 24.0 Å². The minimum atomic E-state index is -0.765. The van der Waals surface area contributed by atoms with Crippen LogP contribution in [0.1, 0.15) is 55.9 Å². The van der Waals surface area contributed by atoms with Gasteiger partial charge in [-0.2, -0.15) is 0 Å². The molecule has 3 aromatic rings. The Morgan fingerprint density at radius 2 is 1.50 bits per heavy atom. The van der Waals surface area contributed by atoms with Crippen molar-refractivity contribution >= 4 is 41.0 Å². The van der Waals surface area contributed by atoms with Gasteiger partial charge < -0.3 is 30.7 Å². The maximum atomic E-state index is 14.5. The number of pyridine rings is 1. The predicted molar refractivity (Wildman–Crippen MR) is 208 cm³/mol. The molecule has 54 heavy (non-hydrogen) atoms. The normalized spacial score (nSPS) is 15.7. The van der Waals surface area contributed by atoms with E-state index >= 15 is 0 Å². The van der Waals surface area contributed by atoms with Gasteiger partial charge in [0.25, 0.3) is 0 Å². The van der Waals surface area contributed by atoms with Gasteiger partial charge >= 0.3 is 0 Å². The summed E-state index contributed by atoms with van der Waals surface area (Å²) >= 11 is 0. The van der Waals surface area contributed by atoms with Gasteiger partial charge in [-0.3, -0.25) is 28.9 Å². The first-order valence-corrected chi connectivity index (χ1v) is 18.9. The van der Waals surface area contributed by atoms with Crippen molar-refractivity contribution in [2.45, 2.75) is 59.5 Å². The molecule has 2 saturated heterocycles. The number of aromatic nitrogens is 1. The van der Waals surface area contributed by atoms with Gasteiger partial charge in [-0.15, -0.1) is 0 Å². The number of hydrogen-bond donors (Lipinski definition) is 3. The third kappa shape index (κ3) is 10.7. The molecular weight excluding hydrogens is 685 g/mol. The van der Waals surface area contributed by atoms with Gasteiger partial charge in [0.15, 0.2) is 0 Å². The van der Waals surface area contributed by atoms with Crippen LogP contribution in [0.25, 0.3) is 0 Å². The molecule has 2 aliphatic rings. The summed E-state index contributed by atoms with van der Waals surface area (Å²) in [5.74, 6) is -0.131. The zero-order valence-electron chi connectivity index (χ0n) is 32.0. The van der Waals surface area contributed by atoms with E-state index in [9.17, 15) is 24.0 Å². The molecule has 0 unspecified atom stereocenters. The Morgan fingerprint density at radius 1 is 0.796 bits per heavy atom. The first-order chi connectivity index (χ1) is 26.0. The lowest BCUT2D eigenvalue weighted by Gasteiger charge is -2.42. The molecule has 0 radical (unpaired) electrons. The summed E-state index contributed by atoms with van der Waals surface area (Å²) in [7, 11) is 1.87. The molecule has 2 aromatic carbocycles. The summed E-state index contributed by atoms with van der Waals surface area (Å²) in [6, 6.07) is 18.8. The molecule has 5 rings (SSSR count). The standard InChI is InChI=1S/C41H54N8O5/c1-5-31-13-14-35(24-34(31)25-37(51)45-36-12-8-9-17-43-36)44-38(52)28-49(27-33-11-7-6-10-32(33)26-42-4)40(54)41(3)15-18-48(19-16-41)39(53)29-46-20-22-47(23-21-46)30(2)50/h6-14,17,24,42H,5,15-16,18-23,25-29H2,1-4H3,(H,44,52)(H,43,45,51). The Bertz CT molecular complexity index is 1780. The highest BCUT2D eigenvalue weighted by Gasteiger charge is 2.41. The number of piperidine rings is 1. The largest absolute Gasteiger partial charge is 0.342 e. The van der Waals surface area contributed by atoms with Crippen LogP contribution < -0.4 is 16.0 Å². The van der Waals surface area contributed by atoms with Crippen molar-refractivity contribution in [3.63, 3.8) is 0 Å². The highest BCUT2D eigenvalue weighted by molar-refractivity contribution is 5.96. The predicted octanol–water partition coefficient (Wildman–Crippen LogP) is 3.30. The van der Waals surface area contributed by atoms with Crippen LogP contribution in [0.4, 0.5) is 11.5 Å². The van der Waals surface area contributed by atoms with E-state index in [0.29, 0.717) is 83.1 Å². The van der Waals surface area contributed by atoms with Crippen LogP contribution >= 0.6 is 0 Å². The number of carbonyl (C=O) groups excluding carboxylic acids is 5. The van der Waals surface area contributed by atoms with Crippen molar-refractivity contribution in [1.29, 1.82) is 0 Å². The van der Waals surface area contributed by atoms with E-state index in [1.807, 2.05) is 68.3 Å². The number of likely N-dealkylation sites (tertiary alicyclic amines) is 1. The van der Waals surface area contributed by atoms with Gasteiger partial charge in [-0.05, 0) is 72.8 Å². The second-order valence-corrected chi connectivity index (χ2v) is 14.5. The fourth-order valence-corrected chi connectivity index (χ4v) is 7.22. The molecule has 2 aliphatic heterocycles. The Labute approximate surface area is 318 Å². The lowest BCUT2D eigenvalue weighted by Crippen LogP contribution is -2.54. The smallest absolute Gasteiger partial charge is 0.244 e. The molecule has 0 bridgehead atoms. The molecule has 5 amide bonds. The summed E-state index contributed by atoms with van der Waals surface area (Å²) in [4.78, 5) is 77.7. The quantitative estimate of drug-likeness (QED) is 0.229. The molecule has 0 aliphatic carbocycles. The molecular formula is C41H54N8O5. The third-order valence-corrected chi connectivity index (χ3v) is 10.5. The fraction of sp³-hybridized carbons (Fsp3) is 0.463. The van der Waals surface area contributed by atoms with Crippen molar-refractivity contribution in [2.75, 3.05) is 70.0 Å². The van der Waals surface area contributed by atoms with Gasteiger partial charge in [0.05, 0.1) is 13.0 Å². The number of benzene rings is 2. The van der Waals surface area contributed by atoms with Gasteiger partial charge in [-0.1, -0.05) is 50.2 Å². The minimum Gasteiger partial charge on any atom is -0.342 e. The van der Waals surface area contributed by atoms with E-state index in [0.717, 1.165) is 22.3 Å². The first-order valence-electron chi connectivity index (χ1n) is 18.9. The second kappa shape index (κ2) is 18.8. The van der Waals surface area contributed by atoms with E-state index in [2.05, 4.69) is 25.8 Å². The third-order valence-electron chi connectivity index (χ3n) is 10.5. The molecule has 1 aromatic heterocycles. The molecule has 3 heterocycles. The van der Waals surface area contributed by atoms with Gasteiger partial charge in [0.2, 0.25) is 29.5 Å². The molecule has 0 saturated carbocycles. The van der Waals surface area contributed by atoms with E-state index in [-0.39, 0.29) is 49.0 Å². The van der Waals surface area contributed by atoms with E-state index in [1.54, 1.807) is 41.1 Å². The highest BCUT2D eigenvalue weighted by atomic mass is 16.2. The number of anilines is 2. The Morgan fingerprint density at radius 3 is 2.15 bits per heavy atom. The lowest BCUT2D eigenvalue weighted by molar-refractivity contribution is -0.149. The SMILES string of the molecule is CCc1ccc(NC(=O)CN(Cc2ccccc2CNC)C(=O)C2(C)CCN(C(=O)CN3CCN(C(C)=O)CC3)CC2)cc1CC(=O)Nc1ccccn1. The number of piperazine rings is 1. The molecule has 0 atom stereocenters. The zero-order chi connectivity index (χ0) is 38.7. The van der Waals surface area contributed by atoms with Crippen LogP contribution in [0.5, 0.6) is 0 Å². The van der Waals surface area contributed by atoms with Gasteiger partial charge in [0.1, 0.15) is 12.4 Å². The Balaban J connectivity index is 1.26. The maximum Gasteiger partial charge on any atom is 0.244 e. The monoisotopic (exact) mass is 738 g/mol. The van der Waals surface area contributed by atoms with Crippen molar-refractivity contribution in [3.8, 4) is 0 Å². The summed E-state index contributed by atoms with van der Waals surface area (Å²) < 4.78 is 0. The number of amides is 5. The lowest BCUT2D eigenvalue weighted by atomic mass is 9.78. The number of nitrogens with one attached hydrogen (secondary N) is 3. The highest BCUT2D eigenvalue weighted by Crippen LogP contribution is 2.34. The van der Waals surface area contributed by atoms with Gasteiger partial charge in [-0.25, -0.2) is 4.98 Å². The molecule has 288 valence electrons. The molecule has 2 fully saturated rings. The molecule has 13 nitrogen and oxygen atoms in total. The van der Waals surface area contributed by atoms with E-state index < -0.39 is 5.41 Å². The minimum absolute atomic E-state index is 0.0284. The van der Waals surface area contributed by atoms with Crippen LogP contribution in [0.15, 0.2) is 66.9 Å². The number of carbonyl (C=O) groups is 5. The zero-order valence-corrected chi connectivity index (χ0v) is 32.0. The van der Waals surface area contributed by atoms with Crippen LogP contribution in [0.3, 0.4) is 0 Å². The van der Waals surface area contributed by atoms with Crippen LogP contribution in [-0.2, 0) is 49.9 Å². The summed E-state index contributed by atoms with van der Waals surface area (Å²) in [5, 5.41) is 9.00. The molecule has 3 N–H and O–H groups in total. The number of hydrogen-bond acceptors (Lipinski definition) is 8. The van der Waals surface area contributed by atoms with Crippen LogP contribution in [-0.4, -0.2) is 114 Å². The number of aryl methyl sites for hydroxylation is 1. The Kier molecular flexibility index (Phi) is 13.9. The topological polar surface area (TPSA) is 147 Å². The van der Waals surface area contributed by atoms with Crippen LogP contribution in [0, 0.1) is 5.41 Å². The molecule has 0 spiro atoms. The van der Waals surface area contributed by atoms with Crippen molar-refractivity contribution in [2.24, 2.45) is 5.41 Å². The number of rotatable bonds is 14. The second-order valence-electron chi connectivity index (χ2n) is 14.5. The maximum absolute atomic E-state index is 14.5. The summed E-state index contributed by atoms with van der Waals surface area (Å²) in [6.45, 7) is 9.97. The van der Waals surface area contributed by atoms with Crippen molar-refractivity contribution in [1.82, 2.24) is 29.9 Å². The Hall–Kier alpha value is -5.14. The average Bonchev–Trinajstić information content (AvgIpc) is 3.16. The fourth-order valence-electron chi connectivity index (χ4n) is 7.22. The summed E-state index contributed by atoms with van der Waals surface area (Å²) in [5.41, 5.74) is 3.56. The van der Waals surface area contributed by atoms with Crippen LogP contribution in [0.2, 0.25) is 0 Å². The van der Waals surface area contributed by atoms with E-state index in [4.69, 9.17) is 0 Å².